The number of pyridine rings is 1. The van der Waals surface area contributed by atoms with E-state index in [4.69, 9.17) is 15.2 Å². The number of nitrogens with two attached hydrogens (primary N) is 1. The van der Waals surface area contributed by atoms with Gasteiger partial charge in [0.2, 0.25) is 5.82 Å². The first-order valence-corrected chi connectivity index (χ1v) is 9.71. The van der Waals surface area contributed by atoms with Gasteiger partial charge in [-0.2, -0.15) is 0 Å². The molecule has 0 aliphatic heterocycles. The number of carbonyl (C=O) groups is 2. The summed E-state index contributed by atoms with van der Waals surface area (Å²) in [6.07, 6.45) is 1.48. The zero-order chi connectivity index (χ0) is 22.1. The van der Waals surface area contributed by atoms with Crippen molar-refractivity contribution in [2.45, 2.75) is 46.8 Å². The molecule has 2 N–H and O–H groups in total. The molecule has 30 heavy (non-hydrogen) atoms. The lowest BCUT2D eigenvalue weighted by atomic mass is 10.1. The molecule has 158 valence electrons. The maximum absolute atomic E-state index is 12.4. The van der Waals surface area contributed by atoms with Gasteiger partial charge in [0, 0.05) is 23.0 Å². The predicted molar refractivity (Wildman–Crippen MR) is 113 cm³/mol. The lowest BCUT2D eigenvalue weighted by molar-refractivity contribution is 0.00632. The zero-order valence-electron chi connectivity index (χ0n) is 17.9. The minimum absolute atomic E-state index is 0.0132. The number of hydrogen-bond donors (Lipinski definition) is 1. The molecule has 0 amide bonds. The average Bonchev–Trinajstić information content (AvgIpc) is 3.05. The maximum atomic E-state index is 12.4. The van der Waals surface area contributed by atoms with E-state index < -0.39 is 17.5 Å². The number of nitrogen functional groups attached to an aromatic ring is 1. The van der Waals surface area contributed by atoms with Crippen LogP contribution in [0.25, 0.3) is 10.9 Å². The highest BCUT2D eigenvalue weighted by molar-refractivity contribution is 5.91. The number of anilines is 1. The molecule has 3 rings (SSSR count). The molecule has 0 spiro atoms. The minimum atomic E-state index is -0.682. The van der Waals surface area contributed by atoms with Crippen LogP contribution in [-0.4, -0.2) is 38.7 Å². The standard InChI is InChI=1S/C22H26N4O4/c1-6-29-21(28)19-25-18(20(27)30-22(3,4)5)12-26(19)11-15-9-14-8-7-13(2)24-17(14)10-16(15)23/h7-10,12H,6,11,23H2,1-5H3. The summed E-state index contributed by atoms with van der Waals surface area (Å²) >= 11 is 0. The first kappa shape index (κ1) is 21.3. The fraction of sp³-hybridized carbons (Fsp3) is 0.364. The molecule has 2 heterocycles. The van der Waals surface area contributed by atoms with Crippen molar-refractivity contribution in [3.8, 4) is 0 Å². The van der Waals surface area contributed by atoms with Crippen molar-refractivity contribution in [3.63, 3.8) is 0 Å². The first-order valence-electron chi connectivity index (χ1n) is 9.71. The molecular weight excluding hydrogens is 384 g/mol. The first-order chi connectivity index (χ1) is 14.1. The normalized spacial score (nSPS) is 11.5. The van der Waals surface area contributed by atoms with Gasteiger partial charge in [0.25, 0.3) is 0 Å². The van der Waals surface area contributed by atoms with Crippen molar-refractivity contribution in [2.75, 3.05) is 12.3 Å². The molecule has 0 aliphatic carbocycles. The maximum Gasteiger partial charge on any atom is 0.374 e. The van der Waals surface area contributed by atoms with Gasteiger partial charge in [0.15, 0.2) is 5.69 Å². The molecule has 0 unspecified atom stereocenters. The van der Waals surface area contributed by atoms with E-state index in [1.165, 1.54) is 6.20 Å². The van der Waals surface area contributed by atoms with Crippen LogP contribution in [-0.2, 0) is 16.0 Å². The molecule has 3 aromatic rings. The number of fused-ring (bicyclic) bond motifs is 1. The van der Waals surface area contributed by atoms with Gasteiger partial charge in [-0.15, -0.1) is 0 Å². The summed E-state index contributed by atoms with van der Waals surface area (Å²) in [6.45, 7) is 9.34. The highest BCUT2D eigenvalue weighted by Gasteiger charge is 2.25. The number of hydrogen-bond acceptors (Lipinski definition) is 7. The molecule has 0 saturated carbocycles. The number of carbonyl (C=O) groups excluding carboxylic acids is 2. The zero-order valence-corrected chi connectivity index (χ0v) is 17.9. The number of nitrogens with zero attached hydrogens (tertiary/aromatic N) is 3. The second-order valence-electron chi connectivity index (χ2n) is 8.00. The summed E-state index contributed by atoms with van der Waals surface area (Å²) in [4.78, 5) is 33.5. The molecule has 8 heteroatoms. The van der Waals surface area contributed by atoms with Crippen LogP contribution in [0.15, 0.2) is 30.5 Å². The molecule has 0 atom stereocenters. The summed E-state index contributed by atoms with van der Waals surface area (Å²) in [5.74, 6) is -1.22. The number of benzene rings is 1. The molecule has 1 aromatic carbocycles. The topological polar surface area (TPSA) is 109 Å². The molecular formula is C22H26N4O4. The van der Waals surface area contributed by atoms with Crippen molar-refractivity contribution >= 4 is 28.5 Å². The lowest BCUT2D eigenvalue weighted by Crippen LogP contribution is -2.24. The molecule has 0 radical (unpaired) electrons. The number of esters is 2. The van der Waals surface area contributed by atoms with Gasteiger partial charge >= 0.3 is 11.9 Å². The summed E-state index contributed by atoms with van der Waals surface area (Å²) in [5, 5.41) is 0.926. The molecule has 0 saturated heterocycles. The van der Waals surface area contributed by atoms with Crippen LogP contribution in [0, 0.1) is 6.92 Å². The number of aryl methyl sites for hydroxylation is 1. The summed E-state index contributed by atoms with van der Waals surface area (Å²) < 4.78 is 12.0. The Morgan fingerprint density at radius 3 is 2.53 bits per heavy atom. The Morgan fingerprint density at radius 1 is 1.13 bits per heavy atom. The monoisotopic (exact) mass is 410 g/mol. The molecule has 8 nitrogen and oxygen atoms in total. The predicted octanol–water partition coefficient (Wildman–Crippen LogP) is 3.50. The second kappa shape index (κ2) is 8.14. The third-order valence-corrected chi connectivity index (χ3v) is 4.27. The van der Waals surface area contributed by atoms with Crippen molar-refractivity contribution in [3.05, 3.63) is 53.2 Å². The quantitative estimate of drug-likeness (QED) is 0.506. The number of rotatable bonds is 5. The third kappa shape index (κ3) is 4.76. The molecule has 2 aromatic heterocycles. The second-order valence-corrected chi connectivity index (χ2v) is 8.00. The van der Waals surface area contributed by atoms with Crippen molar-refractivity contribution in [1.82, 2.24) is 14.5 Å². The van der Waals surface area contributed by atoms with E-state index in [9.17, 15) is 9.59 Å². The van der Waals surface area contributed by atoms with Crippen molar-refractivity contribution in [2.24, 2.45) is 0 Å². The fourth-order valence-electron chi connectivity index (χ4n) is 2.98. The lowest BCUT2D eigenvalue weighted by Gasteiger charge is -2.18. The van der Waals surface area contributed by atoms with E-state index in [0.29, 0.717) is 5.69 Å². The van der Waals surface area contributed by atoms with E-state index in [1.807, 2.05) is 25.1 Å². The van der Waals surface area contributed by atoms with E-state index >= 15 is 0 Å². The Kier molecular flexibility index (Phi) is 5.78. The van der Waals surface area contributed by atoms with Gasteiger partial charge in [-0.3, -0.25) is 4.98 Å². The van der Waals surface area contributed by atoms with E-state index in [2.05, 4.69) is 9.97 Å². The van der Waals surface area contributed by atoms with Gasteiger partial charge in [-0.1, -0.05) is 6.07 Å². The van der Waals surface area contributed by atoms with Crippen LogP contribution < -0.4 is 5.73 Å². The van der Waals surface area contributed by atoms with Crippen LogP contribution in [0.4, 0.5) is 5.69 Å². The van der Waals surface area contributed by atoms with Crippen LogP contribution in [0.1, 0.15) is 60.1 Å². The van der Waals surface area contributed by atoms with Gasteiger partial charge in [-0.25, -0.2) is 14.6 Å². The van der Waals surface area contributed by atoms with E-state index in [-0.39, 0.29) is 24.7 Å². The molecule has 0 bridgehead atoms. The van der Waals surface area contributed by atoms with Crippen LogP contribution >= 0.6 is 0 Å². The Morgan fingerprint density at radius 2 is 1.87 bits per heavy atom. The Balaban J connectivity index is 2.00. The third-order valence-electron chi connectivity index (χ3n) is 4.27. The number of ether oxygens (including phenoxy) is 2. The number of imidazole rings is 1. The number of aromatic nitrogens is 3. The van der Waals surface area contributed by atoms with Crippen LogP contribution in [0.3, 0.4) is 0 Å². The molecule has 0 aliphatic rings. The SMILES string of the molecule is CCOC(=O)c1nc(C(=O)OC(C)(C)C)cn1Cc1cc2ccc(C)nc2cc1N. The van der Waals surface area contributed by atoms with E-state index in [1.54, 1.807) is 38.3 Å². The Labute approximate surface area is 175 Å². The van der Waals surface area contributed by atoms with Crippen molar-refractivity contribution in [1.29, 1.82) is 0 Å². The minimum Gasteiger partial charge on any atom is -0.460 e. The van der Waals surface area contributed by atoms with Gasteiger partial charge in [0.05, 0.1) is 18.7 Å². The summed E-state index contributed by atoms with van der Waals surface area (Å²) in [5.41, 5.74) is 8.58. The average molecular weight is 410 g/mol. The Hall–Kier alpha value is -3.42. The highest BCUT2D eigenvalue weighted by atomic mass is 16.6. The van der Waals surface area contributed by atoms with Gasteiger partial charge in [0.1, 0.15) is 5.60 Å². The smallest absolute Gasteiger partial charge is 0.374 e. The van der Waals surface area contributed by atoms with Crippen molar-refractivity contribution < 1.29 is 19.1 Å². The summed E-state index contributed by atoms with van der Waals surface area (Å²) in [6, 6.07) is 7.60. The largest absolute Gasteiger partial charge is 0.460 e. The molecule has 0 fully saturated rings. The van der Waals surface area contributed by atoms with Gasteiger partial charge < -0.3 is 19.8 Å². The Bertz CT molecular complexity index is 1110. The van der Waals surface area contributed by atoms with Gasteiger partial charge in [-0.05, 0) is 58.4 Å². The van der Waals surface area contributed by atoms with Crippen LogP contribution in [0.2, 0.25) is 0 Å². The van der Waals surface area contributed by atoms with E-state index in [0.717, 1.165) is 22.2 Å². The highest BCUT2D eigenvalue weighted by Crippen LogP contribution is 2.23. The summed E-state index contributed by atoms with van der Waals surface area (Å²) in [7, 11) is 0. The fourth-order valence-corrected chi connectivity index (χ4v) is 2.98. The van der Waals surface area contributed by atoms with Crippen LogP contribution in [0.5, 0.6) is 0 Å².